The van der Waals surface area contributed by atoms with Crippen molar-refractivity contribution in [3.8, 4) is 0 Å². The van der Waals surface area contributed by atoms with Gasteiger partial charge in [-0.3, -0.25) is 4.79 Å². The Kier molecular flexibility index (Phi) is 7.67. The lowest BCUT2D eigenvalue weighted by molar-refractivity contribution is -0.908. The lowest BCUT2D eigenvalue weighted by Gasteiger charge is -2.23. The molecule has 0 unspecified atom stereocenters. The van der Waals surface area contributed by atoms with Gasteiger partial charge < -0.3 is 14.4 Å². The summed E-state index contributed by atoms with van der Waals surface area (Å²) in [6.45, 7) is 8.79. The standard InChI is InChI=1S/C13H23NO3/c1-2-3-4-5-6-13(15)17-12-9-14-7-10-16-11-8-14/h2H,1,3-12H2/p+1. The summed E-state index contributed by atoms with van der Waals surface area (Å²) in [5.74, 6) is -0.0679. The summed E-state index contributed by atoms with van der Waals surface area (Å²) < 4.78 is 10.5. The summed E-state index contributed by atoms with van der Waals surface area (Å²) in [7, 11) is 0. The van der Waals surface area contributed by atoms with Gasteiger partial charge >= 0.3 is 5.97 Å². The highest BCUT2D eigenvalue weighted by atomic mass is 16.5. The molecule has 1 heterocycles. The first-order chi connectivity index (χ1) is 8.33. The van der Waals surface area contributed by atoms with Gasteiger partial charge in [0, 0.05) is 6.42 Å². The fraction of sp³-hybridized carbons (Fsp3) is 0.769. The molecule has 4 heteroatoms. The molecule has 1 aliphatic rings. The second-order valence-corrected chi connectivity index (χ2v) is 4.37. The van der Waals surface area contributed by atoms with Crippen LogP contribution in [0.25, 0.3) is 0 Å². The molecule has 1 saturated heterocycles. The molecule has 0 aromatic heterocycles. The van der Waals surface area contributed by atoms with Crippen LogP contribution in [0.2, 0.25) is 0 Å². The second-order valence-electron chi connectivity index (χ2n) is 4.37. The Balaban J connectivity index is 1.93. The molecule has 0 aliphatic carbocycles. The third-order valence-corrected chi connectivity index (χ3v) is 2.96. The van der Waals surface area contributed by atoms with Gasteiger partial charge in [-0.1, -0.05) is 6.08 Å². The summed E-state index contributed by atoms with van der Waals surface area (Å²) >= 11 is 0. The van der Waals surface area contributed by atoms with Gasteiger partial charge in [-0.15, -0.1) is 6.58 Å². The maximum absolute atomic E-state index is 11.4. The molecular weight excluding hydrogens is 218 g/mol. The molecule has 1 rings (SSSR count). The van der Waals surface area contributed by atoms with Gasteiger partial charge in [0.2, 0.25) is 0 Å². The molecule has 0 spiro atoms. The Labute approximate surface area is 104 Å². The van der Waals surface area contributed by atoms with Gasteiger partial charge in [0.25, 0.3) is 0 Å². The van der Waals surface area contributed by atoms with E-state index in [9.17, 15) is 4.79 Å². The molecule has 0 amide bonds. The number of ether oxygens (including phenoxy) is 2. The van der Waals surface area contributed by atoms with Crippen LogP contribution in [0.4, 0.5) is 0 Å². The number of rotatable bonds is 8. The van der Waals surface area contributed by atoms with E-state index in [-0.39, 0.29) is 5.97 Å². The first kappa shape index (κ1) is 14.2. The number of quaternary nitrogens is 1. The average Bonchev–Trinajstić information content (AvgIpc) is 2.36. The number of carbonyl (C=O) groups is 1. The van der Waals surface area contributed by atoms with E-state index in [0.29, 0.717) is 13.0 Å². The molecule has 4 nitrogen and oxygen atoms in total. The zero-order valence-corrected chi connectivity index (χ0v) is 10.6. The van der Waals surface area contributed by atoms with E-state index in [4.69, 9.17) is 9.47 Å². The van der Waals surface area contributed by atoms with Crippen LogP contribution in [-0.2, 0) is 14.3 Å². The van der Waals surface area contributed by atoms with E-state index in [1.54, 1.807) is 0 Å². The number of hydrogen-bond donors (Lipinski definition) is 1. The van der Waals surface area contributed by atoms with E-state index < -0.39 is 0 Å². The Morgan fingerprint density at radius 1 is 1.35 bits per heavy atom. The third-order valence-electron chi connectivity index (χ3n) is 2.96. The zero-order chi connectivity index (χ0) is 12.3. The summed E-state index contributed by atoms with van der Waals surface area (Å²) in [6.07, 6.45) is 5.31. The molecule has 0 atom stereocenters. The Hall–Kier alpha value is -0.870. The molecule has 17 heavy (non-hydrogen) atoms. The monoisotopic (exact) mass is 242 g/mol. The molecule has 98 valence electrons. The van der Waals surface area contributed by atoms with Gasteiger partial charge in [-0.25, -0.2) is 0 Å². The number of carbonyl (C=O) groups excluding carboxylic acids is 1. The van der Waals surface area contributed by atoms with Crippen LogP contribution >= 0.6 is 0 Å². The van der Waals surface area contributed by atoms with Gasteiger partial charge in [0.1, 0.15) is 26.2 Å². The fourth-order valence-corrected chi connectivity index (χ4v) is 1.85. The van der Waals surface area contributed by atoms with E-state index >= 15 is 0 Å². The highest BCUT2D eigenvalue weighted by Gasteiger charge is 2.13. The quantitative estimate of drug-likeness (QED) is 0.375. The summed E-state index contributed by atoms with van der Waals surface area (Å²) in [5, 5.41) is 0. The molecule has 1 aliphatic heterocycles. The van der Waals surface area contributed by atoms with Crippen molar-refractivity contribution in [1.29, 1.82) is 0 Å². The maximum atomic E-state index is 11.4. The highest BCUT2D eigenvalue weighted by molar-refractivity contribution is 5.69. The first-order valence-electron chi connectivity index (χ1n) is 6.50. The van der Waals surface area contributed by atoms with Crippen molar-refractivity contribution in [1.82, 2.24) is 0 Å². The maximum Gasteiger partial charge on any atom is 0.305 e. The minimum atomic E-state index is -0.0679. The normalized spacial score (nSPS) is 16.7. The van der Waals surface area contributed by atoms with E-state index in [1.807, 2.05) is 6.08 Å². The highest BCUT2D eigenvalue weighted by Crippen LogP contribution is 2.01. The number of allylic oxidation sites excluding steroid dienone is 1. The molecule has 0 aromatic carbocycles. The Morgan fingerprint density at radius 2 is 2.12 bits per heavy atom. The van der Waals surface area contributed by atoms with Gasteiger partial charge in [-0.05, 0) is 19.3 Å². The lowest BCUT2D eigenvalue weighted by atomic mass is 10.2. The van der Waals surface area contributed by atoms with Crippen LogP contribution in [0.5, 0.6) is 0 Å². The smallest absolute Gasteiger partial charge is 0.305 e. The number of hydrogen-bond acceptors (Lipinski definition) is 3. The predicted octanol–water partition coefficient (Wildman–Crippen LogP) is 0.191. The van der Waals surface area contributed by atoms with Crippen molar-refractivity contribution in [2.45, 2.75) is 25.7 Å². The van der Waals surface area contributed by atoms with Crippen molar-refractivity contribution < 1.29 is 19.2 Å². The van der Waals surface area contributed by atoms with Crippen molar-refractivity contribution >= 4 is 5.97 Å². The third kappa shape index (κ3) is 7.13. The molecule has 0 radical (unpaired) electrons. The molecular formula is C13H24NO3+. The van der Waals surface area contributed by atoms with E-state index in [1.165, 1.54) is 4.90 Å². The van der Waals surface area contributed by atoms with Crippen LogP contribution in [0.15, 0.2) is 12.7 Å². The largest absolute Gasteiger partial charge is 0.460 e. The number of unbranched alkanes of at least 4 members (excludes halogenated alkanes) is 2. The minimum absolute atomic E-state index is 0.0679. The van der Waals surface area contributed by atoms with Crippen molar-refractivity contribution in [3.05, 3.63) is 12.7 Å². The van der Waals surface area contributed by atoms with Crippen LogP contribution in [0.1, 0.15) is 25.7 Å². The minimum Gasteiger partial charge on any atom is -0.460 e. The average molecular weight is 242 g/mol. The summed E-state index contributed by atoms with van der Waals surface area (Å²) in [5.41, 5.74) is 0. The van der Waals surface area contributed by atoms with Crippen molar-refractivity contribution in [2.75, 3.05) is 39.5 Å². The van der Waals surface area contributed by atoms with Crippen LogP contribution < -0.4 is 4.90 Å². The second kappa shape index (κ2) is 9.19. The SMILES string of the molecule is C=CCCCCC(=O)OCC[NH+]1CCOCC1. The van der Waals surface area contributed by atoms with Crippen LogP contribution in [-0.4, -0.2) is 45.4 Å². The zero-order valence-electron chi connectivity index (χ0n) is 10.6. The number of morpholine rings is 1. The van der Waals surface area contributed by atoms with Crippen molar-refractivity contribution in [3.63, 3.8) is 0 Å². The molecule has 0 saturated carbocycles. The Bertz CT molecular complexity index is 225. The lowest BCUT2D eigenvalue weighted by Crippen LogP contribution is -3.14. The Morgan fingerprint density at radius 3 is 2.82 bits per heavy atom. The van der Waals surface area contributed by atoms with Gasteiger partial charge in [0.15, 0.2) is 0 Å². The van der Waals surface area contributed by atoms with Gasteiger partial charge in [0.05, 0.1) is 13.2 Å². The topological polar surface area (TPSA) is 40.0 Å². The van der Waals surface area contributed by atoms with Crippen LogP contribution in [0, 0.1) is 0 Å². The van der Waals surface area contributed by atoms with E-state index in [2.05, 4.69) is 6.58 Å². The number of nitrogens with one attached hydrogen (secondary N) is 1. The van der Waals surface area contributed by atoms with E-state index in [0.717, 1.165) is 52.1 Å². The molecule has 1 fully saturated rings. The molecule has 0 bridgehead atoms. The number of esters is 1. The molecule has 0 aromatic rings. The molecule has 1 N–H and O–H groups in total. The predicted molar refractivity (Wildman–Crippen MR) is 66.0 cm³/mol. The van der Waals surface area contributed by atoms with Gasteiger partial charge in [-0.2, -0.15) is 0 Å². The summed E-state index contributed by atoms with van der Waals surface area (Å²) in [6, 6.07) is 0. The first-order valence-corrected chi connectivity index (χ1v) is 6.50. The van der Waals surface area contributed by atoms with Crippen molar-refractivity contribution in [2.24, 2.45) is 0 Å². The van der Waals surface area contributed by atoms with Crippen LogP contribution in [0.3, 0.4) is 0 Å². The summed E-state index contributed by atoms with van der Waals surface area (Å²) in [4.78, 5) is 12.8. The fourth-order valence-electron chi connectivity index (χ4n) is 1.85.